The largest absolute Gasteiger partial charge is 0.380 e. The first-order chi connectivity index (χ1) is 13.7. The van der Waals surface area contributed by atoms with Crippen LogP contribution in [0.25, 0.3) is 22.3 Å². The quantitative estimate of drug-likeness (QED) is 0.629. The number of methoxy groups -OCH3 is 1. The van der Waals surface area contributed by atoms with Crippen molar-refractivity contribution in [2.24, 2.45) is 0 Å². The van der Waals surface area contributed by atoms with E-state index in [2.05, 4.69) is 28.2 Å². The van der Waals surface area contributed by atoms with Gasteiger partial charge in [-0.05, 0) is 53.8 Å². The molecule has 1 aliphatic carbocycles. The van der Waals surface area contributed by atoms with Crippen LogP contribution in [0.2, 0.25) is 0 Å². The van der Waals surface area contributed by atoms with E-state index >= 15 is 0 Å². The fourth-order valence-corrected chi connectivity index (χ4v) is 3.26. The molecule has 1 saturated carbocycles. The monoisotopic (exact) mass is 374 g/mol. The van der Waals surface area contributed by atoms with Crippen molar-refractivity contribution in [1.82, 2.24) is 14.8 Å². The molecule has 2 heterocycles. The molecule has 0 unspecified atom stereocenters. The highest BCUT2D eigenvalue weighted by Crippen LogP contribution is 2.38. The van der Waals surface area contributed by atoms with E-state index < -0.39 is 0 Å². The van der Waals surface area contributed by atoms with E-state index in [-0.39, 0.29) is 5.91 Å². The maximum absolute atomic E-state index is 11.7. The molecule has 2 aromatic heterocycles. The normalized spacial score (nSPS) is 13.3. The number of amides is 1. The number of rotatable bonds is 7. The number of nitrogens with one attached hydrogen (secondary N) is 1. The molecule has 1 fully saturated rings. The van der Waals surface area contributed by atoms with Crippen LogP contribution in [-0.4, -0.2) is 27.8 Å². The zero-order chi connectivity index (χ0) is 19.5. The predicted molar refractivity (Wildman–Crippen MR) is 109 cm³/mol. The average Bonchev–Trinajstić information content (AvgIpc) is 3.46. The second kappa shape index (κ2) is 7.78. The molecule has 0 atom stereocenters. The molecule has 4 rings (SSSR count). The standard InChI is InChI=1S/C22H22N4O2/c1-3-22(27)25-17-5-4-15(14-28-2)20(10-17)21-12-23-9-8-19(21)16-11-24-26(13-16)18-6-7-18/h3-5,8-13,18H,1,6-7,14H2,2H3,(H,25,27). The lowest BCUT2D eigenvalue weighted by Crippen LogP contribution is -2.07. The minimum Gasteiger partial charge on any atom is -0.380 e. The first kappa shape index (κ1) is 18.1. The van der Waals surface area contributed by atoms with Crippen molar-refractivity contribution in [1.29, 1.82) is 0 Å². The second-order valence-corrected chi connectivity index (χ2v) is 6.86. The number of aromatic nitrogens is 3. The molecule has 0 radical (unpaired) electrons. The highest BCUT2D eigenvalue weighted by Gasteiger charge is 2.24. The zero-order valence-electron chi connectivity index (χ0n) is 15.8. The summed E-state index contributed by atoms with van der Waals surface area (Å²) in [6, 6.07) is 8.29. The summed E-state index contributed by atoms with van der Waals surface area (Å²) < 4.78 is 7.42. The molecule has 3 aromatic rings. The third-order valence-electron chi connectivity index (χ3n) is 4.81. The summed E-state index contributed by atoms with van der Waals surface area (Å²) in [5.41, 5.74) is 5.75. The van der Waals surface area contributed by atoms with E-state index in [9.17, 15) is 4.79 Å². The number of nitrogens with zero attached hydrogens (tertiary/aromatic N) is 3. The number of pyridine rings is 1. The van der Waals surface area contributed by atoms with E-state index in [1.807, 2.05) is 41.3 Å². The summed E-state index contributed by atoms with van der Waals surface area (Å²) in [5, 5.41) is 7.34. The van der Waals surface area contributed by atoms with Gasteiger partial charge in [0.1, 0.15) is 0 Å². The van der Waals surface area contributed by atoms with Gasteiger partial charge in [-0.25, -0.2) is 0 Å². The number of benzene rings is 1. The number of hydrogen-bond donors (Lipinski definition) is 1. The summed E-state index contributed by atoms with van der Waals surface area (Å²) >= 11 is 0. The van der Waals surface area contributed by atoms with E-state index in [0.29, 0.717) is 18.3 Å². The van der Waals surface area contributed by atoms with Crippen molar-refractivity contribution in [3.05, 3.63) is 67.3 Å². The van der Waals surface area contributed by atoms with E-state index in [4.69, 9.17) is 4.74 Å². The summed E-state index contributed by atoms with van der Waals surface area (Å²) in [6.45, 7) is 3.97. The lowest BCUT2D eigenvalue weighted by atomic mass is 9.94. The van der Waals surface area contributed by atoms with Crippen molar-refractivity contribution in [3.63, 3.8) is 0 Å². The van der Waals surface area contributed by atoms with E-state index in [1.54, 1.807) is 13.3 Å². The molecule has 1 N–H and O–H groups in total. The highest BCUT2D eigenvalue weighted by molar-refractivity contribution is 5.99. The van der Waals surface area contributed by atoms with Crippen LogP contribution in [0.4, 0.5) is 5.69 Å². The first-order valence-electron chi connectivity index (χ1n) is 9.24. The van der Waals surface area contributed by atoms with Gasteiger partial charge in [-0.3, -0.25) is 14.5 Å². The summed E-state index contributed by atoms with van der Waals surface area (Å²) in [5.74, 6) is -0.248. The average molecular weight is 374 g/mol. The van der Waals surface area contributed by atoms with Crippen LogP contribution >= 0.6 is 0 Å². The van der Waals surface area contributed by atoms with Crippen LogP contribution in [0.1, 0.15) is 24.4 Å². The van der Waals surface area contributed by atoms with Crippen molar-refractivity contribution >= 4 is 11.6 Å². The first-order valence-corrected chi connectivity index (χ1v) is 9.24. The van der Waals surface area contributed by atoms with Crippen molar-refractivity contribution < 1.29 is 9.53 Å². The second-order valence-electron chi connectivity index (χ2n) is 6.86. The SMILES string of the molecule is C=CC(=O)Nc1ccc(COC)c(-c2cnccc2-c2cnn(C3CC3)c2)c1. The summed E-state index contributed by atoms with van der Waals surface area (Å²) in [4.78, 5) is 16.1. The van der Waals surface area contributed by atoms with Gasteiger partial charge in [0.05, 0.1) is 18.8 Å². The van der Waals surface area contributed by atoms with Gasteiger partial charge in [0.2, 0.25) is 5.91 Å². The Morgan fingerprint density at radius 3 is 2.89 bits per heavy atom. The fraction of sp³-hybridized carbons (Fsp3) is 0.227. The summed E-state index contributed by atoms with van der Waals surface area (Å²) in [7, 11) is 1.67. The zero-order valence-corrected chi connectivity index (χ0v) is 15.8. The van der Waals surface area contributed by atoms with Gasteiger partial charge in [0.15, 0.2) is 0 Å². The minimum absolute atomic E-state index is 0.248. The van der Waals surface area contributed by atoms with Crippen LogP contribution in [-0.2, 0) is 16.1 Å². The molecular weight excluding hydrogens is 352 g/mol. The molecule has 0 spiro atoms. The Balaban J connectivity index is 1.79. The van der Waals surface area contributed by atoms with Crippen molar-refractivity contribution in [3.8, 4) is 22.3 Å². The molecule has 6 nitrogen and oxygen atoms in total. The van der Waals surface area contributed by atoms with Gasteiger partial charge in [-0.15, -0.1) is 0 Å². The molecule has 0 bridgehead atoms. The minimum atomic E-state index is -0.248. The van der Waals surface area contributed by atoms with E-state index in [1.165, 1.54) is 18.9 Å². The van der Waals surface area contributed by atoms with Crippen LogP contribution < -0.4 is 5.32 Å². The molecule has 1 aliphatic rings. The maximum Gasteiger partial charge on any atom is 0.247 e. The lowest BCUT2D eigenvalue weighted by Gasteiger charge is -2.14. The molecule has 1 amide bonds. The fourth-order valence-electron chi connectivity index (χ4n) is 3.26. The molecule has 142 valence electrons. The van der Waals surface area contributed by atoms with Crippen molar-refractivity contribution in [2.75, 3.05) is 12.4 Å². The van der Waals surface area contributed by atoms with Crippen LogP contribution in [0.5, 0.6) is 0 Å². The number of anilines is 1. The van der Waals surface area contributed by atoms with Gasteiger partial charge in [-0.2, -0.15) is 5.10 Å². The summed E-state index contributed by atoms with van der Waals surface area (Å²) in [6.07, 6.45) is 11.3. The Morgan fingerprint density at radius 2 is 2.14 bits per heavy atom. The van der Waals surface area contributed by atoms with Gasteiger partial charge in [-0.1, -0.05) is 12.6 Å². The van der Waals surface area contributed by atoms with Crippen molar-refractivity contribution in [2.45, 2.75) is 25.5 Å². The van der Waals surface area contributed by atoms with Gasteiger partial charge >= 0.3 is 0 Å². The Morgan fingerprint density at radius 1 is 1.29 bits per heavy atom. The Labute approximate surface area is 163 Å². The Kier molecular flexibility index (Phi) is 5.04. The Bertz CT molecular complexity index is 1020. The molecular formula is C22H22N4O2. The topological polar surface area (TPSA) is 69.0 Å². The molecule has 28 heavy (non-hydrogen) atoms. The highest BCUT2D eigenvalue weighted by atomic mass is 16.5. The lowest BCUT2D eigenvalue weighted by molar-refractivity contribution is -0.111. The Hall–Kier alpha value is -3.25. The number of ether oxygens (including phenoxy) is 1. The van der Waals surface area contributed by atoms with Crippen LogP contribution in [0, 0.1) is 0 Å². The maximum atomic E-state index is 11.7. The van der Waals surface area contributed by atoms with Gasteiger partial charge in [0.25, 0.3) is 0 Å². The van der Waals surface area contributed by atoms with Gasteiger partial charge < -0.3 is 10.1 Å². The third-order valence-corrected chi connectivity index (χ3v) is 4.81. The molecule has 0 aliphatic heterocycles. The van der Waals surface area contributed by atoms with E-state index in [0.717, 1.165) is 27.8 Å². The molecule has 6 heteroatoms. The van der Waals surface area contributed by atoms with Crippen LogP contribution in [0.15, 0.2) is 61.7 Å². The molecule has 1 aromatic carbocycles. The van der Waals surface area contributed by atoms with Crippen LogP contribution in [0.3, 0.4) is 0 Å². The number of carbonyl (C=O) groups excluding carboxylic acids is 1. The molecule has 0 saturated heterocycles. The number of carbonyl (C=O) groups is 1. The smallest absolute Gasteiger partial charge is 0.247 e. The van der Waals surface area contributed by atoms with Gasteiger partial charge in [0, 0.05) is 42.5 Å². The third kappa shape index (κ3) is 3.73. The predicted octanol–water partition coefficient (Wildman–Crippen LogP) is 4.22. The number of hydrogen-bond acceptors (Lipinski definition) is 4.